The van der Waals surface area contributed by atoms with Gasteiger partial charge in [-0.25, -0.2) is 0 Å². The summed E-state index contributed by atoms with van der Waals surface area (Å²) < 4.78 is 5.15. The monoisotopic (exact) mass is 223 g/mol. The number of hydrogen-bond donors (Lipinski definition) is 1. The number of amides is 1. The van der Waals surface area contributed by atoms with E-state index in [0.717, 1.165) is 24.5 Å². The Bertz CT molecular complexity index is 388. The van der Waals surface area contributed by atoms with Crippen molar-refractivity contribution in [2.24, 2.45) is 17.6 Å². The van der Waals surface area contributed by atoms with E-state index in [2.05, 4.69) is 17.0 Å². The van der Waals surface area contributed by atoms with Gasteiger partial charge in [-0.05, 0) is 12.8 Å². The smallest absolute Gasteiger partial charge is 0.222 e. The van der Waals surface area contributed by atoms with Gasteiger partial charge >= 0.3 is 0 Å². The summed E-state index contributed by atoms with van der Waals surface area (Å²) in [6, 6.07) is 1.92. The number of carbonyl (C=O) groups excluding carboxylic acids is 1. The van der Waals surface area contributed by atoms with E-state index >= 15 is 0 Å². The minimum Gasteiger partial charge on any atom is -0.369 e. The fraction of sp³-hybridized carbons (Fsp3) is 0.636. The molecule has 0 bridgehead atoms. The first kappa shape index (κ1) is 11.1. The van der Waals surface area contributed by atoms with Gasteiger partial charge in [0.2, 0.25) is 5.91 Å². The summed E-state index contributed by atoms with van der Waals surface area (Å²) >= 11 is 0. The summed E-state index contributed by atoms with van der Waals surface area (Å²) in [5.41, 5.74) is 6.23. The fourth-order valence-electron chi connectivity index (χ4n) is 2.28. The Hall–Kier alpha value is -1.36. The molecule has 88 valence electrons. The number of carbonyl (C=O) groups is 1. The van der Waals surface area contributed by atoms with Crippen molar-refractivity contribution in [2.45, 2.75) is 20.4 Å². The van der Waals surface area contributed by atoms with E-state index in [0.29, 0.717) is 12.5 Å². The molecule has 1 fully saturated rings. The summed E-state index contributed by atoms with van der Waals surface area (Å²) in [6.07, 6.45) is 0. The molecule has 2 heterocycles. The van der Waals surface area contributed by atoms with Gasteiger partial charge in [0, 0.05) is 19.2 Å². The summed E-state index contributed by atoms with van der Waals surface area (Å²) in [6.45, 7) is 6.26. The minimum absolute atomic E-state index is 0.0379. The Morgan fingerprint density at radius 1 is 1.69 bits per heavy atom. The van der Waals surface area contributed by atoms with Crippen molar-refractivity contribution < 1.29 is 9.32 Å². The molecule has 1 saturated heterocycles. The van der Waals surface area contributed by atoms with Crippen LogP contribution in [0.1, 0.15) is 18.4 Å². The van der Waals surface area contributed by atoms with Gasteiger partial charge in [-0.1, -0.05) is 12.1 Å². The van der Waals surface area contributed by atoms with Crippen molar-refractivity contribution in [1.29, 1.82) is 0 Å². The molecule has 5 nitrogen and oxygen atoms in total. The average Bonchev–Trinajstić information content (AvgIpc) is 2.73. The van der Waals surface area contributed by atoms with Gasteiger partial charge in [0.05, 0.1) is 18.2 Å². The van der Waals surface area contributed by atoms with Crippen LogP contribution in [0.25, 0.3) is 0 Å². The van der Waals surface area contributed by atoms with Crippen molar-refractivity contribution in [2.75, 3.05) is 13.1 Å². The van der Waals surface area contributed by atoms with Crippen LogP contribution in [0.3, 0.4) is 0 Å². The van der Waals surface area contributed by atoms with Crippen molar-refractivity contribution in [1.82, 2.24) is 10.1 Å². The predicted octanol–water partition coefficient (Wildman–Crippen LogP) is 0.536. The van der Waals surface area contributed by atoms with Gasteiger partial charge in [-0.2, -0.15) is 0 Å². The molecular formula is C11H17N3O2. The predicted molar refractivity (Wildman–Crippen MR) is 58.4 cm³/mol. The number of aromatic nitrogens is 1. The molecule has 2 atom stereocenters. The van der Waals surface area contributed by atoms with E-state index in [9.17, 15) is 4.79 Å². The van der Waals surface area contributed by atoms with Gasteiger partial charge in [0.25, 0.3) is 0 Å². The van der Waals surface area contributed by atoms with Gasteiger partial charge in [0.1, 0.15) is 0 Å². The molecule has 2 rings (SSSR count). The second kappa shape index (κ2) is 4.25. The van der Waals surface area contributed by atoms with Crippen LogP contribution >= 0.6 is 0 Å². The second-order valence-electron chi connectivity index (χ2n) is 4.61. The Balaban J connectivity index is 1.96. The van der Waals surface area contributed by atoms with Gasteiger partial charge in [-0.3, -0.25) is 9.69 Å². The van der Waals surface area contributed by atoms with Crippen LogP contribution in [0.5, 0.6) is 0 Å². The van der Waals surface area contributed by atoms with Crippen molar-refractivity contribution in [3.05, 3.63) is 17.5 Å². The van der Waals surface area contributed by atoms with E-state index in [1.165, 1.54) is 0 Å². The standard InChI is InChI=1S/C11H17N3O2/c1-7-4-14(6-10(7)11(12)15)5-9-3-8(2)13-16-9/h3,7,10H,4-6H2,1-2H3,(H2,12,15)/t7-,10-/m1/s1. The largest absolute Gasteiger partial charge is 0.369 e. The van der Waals surface area contributed by atoms with Crippen LogP contribution in [0.2, 0.25) is 0 Å². The molecule has 1 aliphatic rings. The van der Waals surface area contributed by atoms with E-state index in [1.807, 2.05) is 13.0 Å². The molecule has 0 unspecified atom stereocenters. The molecule has 0 spiro atoms. The van der Waals surface area contributed by atoms with E-state index in [4.69, 9.17) is 10.3 Å². The first-order chi connectivity index (χ1) is 7.56. The Morgan fingerprint density at radius 3 is 2.94 bits per heavy atom. The number of aryl methyl sites for hydroxylation is 1. The molecular weight excluding hydrogens is 206 g/mol. The summed E-state index contributed by atoms with van der Waals surface area (Å²) in [7, 11) is 0. The molecule has 5 heteroatoms. The molecule has 1 amide bonds. The average molecular weight is 223 g/mol. The van der Waals surface area contributed by atoms with Crippen molar-refractivity contribution in [3.63, 3.8) is 0 Å². The third-order valence-corrected chi connectivity index (χ3v) is 3.11. The fourth-order valence-corrected chi connectivity index (χ4v) is 2.28. The van der Waals surface area contributed by atoms with E-state index in [1.54, 1.807) is 0 Å². The Kier molecular flexibility index (Phi) is 2.96. The lowest BCUT2D eigenvalue weighted by atomic mass is 9.98. The van der Waals surface area contributed by atoms with Crippen LogP contribution < -0.4 is 5.73 Å². The normalized spacial score (nSPS) is 26.1. The molecule has 1 aliphatic heterocycles. The molecule has 0 aliphatic carbocycles. The zero-order valence-electron chi connectivity index (χ0n) is 9.64. The van der Waals surface area contributed by atoms with Crippen LogP contribution in [0.15, 0.2) is 10.6 Å². The lowest BCUT2D eigenvalue weighted by Crippen LogP contribution is -2.29. The highest BCUT2D eigenvalue weighted by molar-refractivity contribution is 5.77. The number of hydrogen-bond acceptors (Lipinski definition) is 4. The molecule has 0 aromatic carbocycles. The zero-order valence-corrected chi connectivity index (χ0v) is 9.64. The molecule has 0 radical (unpaired) electrons. The number of primary amides is 1. The van der Waals surface area contributed by atoms with E-state index < -0.39 is 0 Å². The quantitative estimate of drug-likeness (QED) is 0.811. The third-order valence-electron chi connectivity index (χ3n) is 3.11. The highest BCUT2D eigenvalue weighted by atomic mass is 16.5. The molecule has 1 aromatic heterocycles. The third kappa shape index (κ3) is 2.24. The number of nitrogens with two attached hydrogens (primary N) is 1. The number of likely N-dealkylation sites (tertiary alicyclic amines) is 1. The lowest BCUT2D eigenvalue weighted by Gasteiger charge is -2.12. The zero-order chi connectivity index (χ0) is 11.7. The number of rotatable bonds is 3. The molecule has 2 N–H and O–H groups in total. The lowest BCUT2D eigenvalue weighted by molar-refractivity contribution is -0.122. The Labute approximate surface area is 94.6 Å². The van der Waals surface area contributed by atoms with Gasteiger partial charge in [-0.15, -0.1) is 0 Å². The van der Waals surface area contributed by atoms with Crippen LogP contribution in [-0.2, 0) is 11.3 Å². The summed E-state index contributed by atoms with van der Waals surface area (Å²) in [5.74, 6) is 0.920. The highest BCUT2D eigenvalue weighted by Gasteiger charge is 2.33. The second-order valence-corrected chi connectivity index (χ2v) is 4.61. The molecule has 16 heavy (non-hydrogen) atoms. The summed E-state index contributed by atoms with van der Waals surface area (Å²) in [5, 5.41) is 3.84. The van der Waals surface area contributed by atoms with Gasteiger partial charge < -0.3 is 10.3 Å². The minimum atomic E-state index is -0.205. The van der Waals surface area contributed by atoms with Crippen molar-refractivity contribution in [3.8, 4) is 0 Å². The van der Waals surface area contributed by atoms with Crippen LogP contribution in [0, 0.1) is 18.8 Å². The maximum Gasteiger partial charge on any atom is 0.222 e. The Morgan fingerprint density at radius 2 is 2.44 bits per heavy atom. The highest BCUT2D eigenvalue weighted by Crippen LogP contribution is 2.24. The van der Waals surface area contributed by atoms with Crippen LogP contribution in [-0.4, -0.2) is 29.1 Å². The first-order valence-electron chi connectivity index (χ1n) is 5.50. The maximum absolute atomic E-state index is 11.2. The topological polar surface area (TPSA) is 72.4 Å². The number of nitrogens with zero attached hydrogens (tertiary/aromatic N) is 2. The maximum atomic E-state index is 11.2. The van der Waals surface area contributed by atoms with E-state index in [-0.39, 0.29) is 11.8 Å². The van der Waals surface area contributed by atoms with Crippen LogP contribution in [0.4, 0.5) is 0 Å². The van der Waals surface area contributed by atoms with Crippen molar-refractivity contribution >= 4 is 5.91 Å². The summed E-state index contributed by atoms with van der Waals surface area (Å²) in [4.78, 5) is 13.4. The SMILES string of the molecule is Cc1cc(CN2C[C@@H](C)[C@H](C(N)=O)C2)on1. The molecule has 0 saturated carbocycles. The van der Waals surface area contributed by atoms with Gasteiger partial charge in [0.15, 0.2) is 5.76 Å². The first-order valence-corrected chi connectivity index (χ1v) is 5.50. The molecule has 1 aromatic rings.